The van der Waals surface area contributed by atoms with E-state index in [1.807, 2.05) is 0 Å². The lowest BCUT2D eigenvalue weighted by molar-refractivity contribution is -0.123. The third-order valence-electron chi connectivity index (χ3n) is 3.89. The van der Waals surface area contributed by atoms with E-state index in [9.17, 15) is 18.8 Å². The monoisotopic (exact) mass is 385 g/mol. The zero-order valence-electron chi connectivity index (χ0n) is 14.6. The highest BCUT2D eigenvalue weighted by atomic mass is 32.1. The summed E-state index contributed by atoms with van der Waals surface area (Å²) in [6, 6.07) is 12.2. The fourth-order valence-electron chi connectivity index (χ4n) is 2.42. The number of ether oxygens (including phenoxy) is 1. The molecule has 0 fully saturated rings. The van der Waals surface area contributed by atoms with E-state index in [4.69, 9.17) is 4.74 Å². The summed E-state index contributed by atoms with van der Waals surface area (Å²) >= 11 is 1.17. The number of thiophene rings is 1. The molecule has 0 saturated carbocycles. The zero-order chi connectivity index (χ0) is 19.6. The number of nitrogens with one attached hydrogen (secondary N) is 1. The molecule has 138 valence electrons. The lowest BCUT2D eigenvalue weighted by atomic mass is 10.1. The number of esters is 1. The van der Waals surface area contributed by atoms with Crippen LogP contribution in [0.15, 0.2) is 48.5 Å². The fraction of sp³-hybridized carbons (Fsp3) is 0.150. The van der Waals surface area contributed by atoms with Crippen molar-refractivity contribution in [2.24, 2.45) is 0 Å². The predicted molar refractivity (Wildman–Crippen MR) is 102 cm³/mol. The Hall–Kier alpha value is -3.06. The Kier molecular flexibility index (Phi) is 5.32. The van der Waals surface area contributed by atoms with Gasteiger partial charge in [-0.25, -0.2) is 9.18 Å². The van der Waals surface area contributed by atoms with Crippen LogP contribution >= 0.6 is 11.3 Å². The molecule has 1 amide bonds. The maximum atomic E-state index is 13.3. The molecule has 0 aliphatic carbocycles. The van der Waals surface area contributed by atoms with E-state index >= 15 is 0 Å². The minimum atomic E-state index is -1.02. The summed E-state index contributed by atoms with van der Waals surface area (Å²) in [4.78, 5) is 36.0. The van der Waals surface area contributed by atoms with Crippen molar-refractivity contribution in [2.45, 2.75) is 20.0 Å². The summed E-state index contributed by atoms with van der Waals surface area (Å²) < 4.78 is 19.2. The lowest BCUT2D eigenvalue weighted by Crippen LogP contribution is -2.29. The normalized spacial score (nSPS) is 11.8. The van der Waals surface area contributed by atoms with Crippen LogP contribution in [0.4, 0.5) is 10.1 Å². The van der Waals surface area contributed by atoms with E-state index in [2.05, 4.69) is 5.32 Å². The lowest BCUT2D eigenvalue weighted by Gasteiger charge is -2.13. The molecule has 27 heavy (non-hydrogen) atoms. The first-order valence-electron chi connectivity index (χ1n) is 8.15. The van der Waals surface area contributed by atoms with Crippen LogP contribution < -0.4 is 5.32 Å². The molecule has 1 atom stereocenters. The number of rotatable bonds is 5. The van der Waals surface area contributed by atoms with Gasteiger partial charge in [0.2, 0.25) is 0 Å². The molecule has 5 nitrogen and oxygen atoms in total. The summed E-state index contributed by atoms with van der Waals surface area (Å²) in [6.45, 7) is 2.92. The van der Waals surface area contributed by atoms with Crippen molar-refractivity contribution in [3.8, 4) is 0 Å². The van der Waals surface area contributed by atoms with Crippen LogP contribution in [0, 0.1) is 5.82 Å². The van der Waals surface area contributed by atoms with Crippen LogP contribution in [0.25, 0.3) is 10.1 Å². The third kappa shape index (κ3) is 4.38. The summed E-state index contributed by atoms with van der Waals surface area (Å²) in [7, 11) is 0. The molecule has 0 bridgehead atoms. The Bertz CT molecular complexity index is 1030. The maximum Gasteiger partial charge on any atom is 0.349 e. The topological polar surface area (TPSA) is 72.5 Å². The Labute approximate surface area is 158 Å². The largest absolute Gasteiger partial charge is 0.448 e. The van der Waals surface area contributed by atoms with Gasteiger partial charge in [-0.3, -0.25) is 9.59 Å². The number of fused-ring (bicyclic) bond motifs is 1. The number of ketones is 1. The van der Waals surface area contributed by atoms with E-state index in [0.717, 1.165) is 4.70 Å². The molecule has 2 aromatic carbocycles. The van der Waals surface area contributed by atoms with Gasteiger partial charge in [-0.2, -0.15) is 0 Å². The molecule has 1 N–H and O–H groups in total. The molecular formula is C20H16FNO4S. The van der Waals surface area contributed by atoms with Crippen molar-refractivity contribution in [1.82, 2.24) is 0 Å². The summed E-state index contributed by atoms with van der Waals surface area (Å²) in [5, 5.41) is 3.23. The van der Waals surface area contributed by atoms with E-state index in [1.54, 1.807) is 30.3 Å². The van der Waals surface area contributed by atoms with Crippen molar-refractivity contribution >= 4 is 44.8 Å². The molecular weight excluding hydrogens is 369 g/mol. The molecule has 3 aromatic rings. The smallest absolute Gasteiger partial charge is 0.349 e. The fourth-order valence-corrected chi connectivity index (χ4v) is 3.35. The van der Waals surface area contributed by atoms with Crippen LogP contribution in [-0.4, -0.2) is 23.8 Å². The molecule has 0 radical (unpaired) electrons. The third-order valence-corrected chi connectivity index (χ3v) is 4.99. The van der Waals surface area contributed by atoms with E-state index in [0.29, 0.717) is 21.5 Å². The number of hydrogen-bond acceptors (Lipinski definition) is 5. The van der Waals surface area contributed by atoms with Crippen molar-refractivity contribution in [3.05, 3.63) is 64.8 Å². The molecule has 3 rings (SSSR count). The van der Waals surface area contributed by atoms with Gasteiger partial charge in [0.15, 0.2) is 11.9 Å². The van der Waals surface area contributed by atoms with Gasteiger partial charge in [-0.15, -0.1) is 11.3 Å². The van der Waals surface area contributed by atoms with Crippen LogP contribution in [0.2, 0.25) is 0 Å². The number of carbonyl (C=O) groups excluding carboxylic acids is 3. The number of amides is 1. The quantitative estimate of drug-likeness (QED) is 0.521. The Morgan fingerprint density at radius 1 is 1.07 bits per heavy atom. The molecule has 0 aliphatic heterocycles. The first-order valence-corrected chi connectivity index (χ1v) is 8.97. The Morgan fingerprint density at radius 2 is 1.78 bits per heavy atom. The minimum absolute atomic E-state index is 0.0709. The van der Waals surface area contributed by atoms with Gasteiger partial charge >= 0.3 is 5.97 Å². The second-order valence-corrected chi connectivity index (χ2v) is 7.05. The van der Waals surface area contributed by atoms with Gasteiger partial charge in [0.25, 0.3) is 5.91 Å². The number of hydrogen-bond donors (Lipinski definition) is 1. The Morgan fingerprint density at radius 3 is 2.44 bits per heavy atom. The molecule has 1 aromatic heterocycles. The van der Waals surface area contributed by atoms with Gasteiger partial charge in [-0.1, -0.05) is 0 Å². The molecule has 0 unspecified atom stereocenters. The molecule has 1 heterocycles. The van der Waals surface area contributed by atoms with Crippen LogP contribution in [-0.2, 0) is 9.53 Å². The first-order chi connectivity index (χ1) is 12.8. The van der Waals surface area contributed by atoms with Crippen molar-refractivity contribution in [1.29, 1.82) is 0 Å². The zero-order valence-corrected chi connectivity index (χ0v) is 15.4. The number of anilines is 1. The van der Waals surface area contributed by atoms with Gasteiger partial charge in [0.1, 0.15) is 10.7 Å². The van der Waals surface area contributed by atoms with Gasteiger partial charge in [0.05, 0.1) is 0 Å². The Balaban J connectivity index is 1.64. The molecule has 7 heteroatoms. The van der Waals surface area contributed by atoms with Gasteiger partial charge in [0, 0.05) is 16.0 Å². The highest BCUT2D eigenvalue weighted by Gasteiger charge is 2.20. The van der Waals surface area contributed by atoms with Crippen molar-refractivity contribution < 1.29 is 23.5 Å². The van der Waals surface area contributed by atoms with E-state index < -0.39 is 18.0 Å². The first kappa shape index (κ1) is 18.7. The van der Waals surface area contributed by atoms with E-state index in [1.165, 1.54) is 43.4 Å². The second kappa shape index (κ2) is 7.67. The van der Waals surface area contributed by atoms with Crippen molar-refractivity contribution in [2.75, 3.05) is 5.32 Å². The molecule has 0 aliphatic rings. The number of benzene rings is 2. The maximum absolute atomic E-state index is 13.3. The highest BCUT2D eigenvalue weighted by Crippen LogP contribution is 2.27. The molecule has 0 saturated heterocycles. The van der Waals surface area contributed by atoms with Gasteiger partial charge < -0.3 is 10.1 Å². The van der Waals surface area contributed by atoms with Crippen LogP contribution in [0.1, 0.15) is 33.9 Å². The van der Waals surface area contributed by atoms with Gasteiger partial charge in [-0.05, 0) is 67.8 Å². The highest BCUT2D eigenvalue weighted by molar-refractivity contribution is 7.20. The molecule has 0 spiro atoms. The van der Waals surface area contributed by atoms with Crippen molar-refractivity contribution in [3.63, 3.8) is 0 Å². The van der Waals surface area contributed by atoms with Crippen LogP contribution in [0.5, 0.6) is 0 Å². The number of Topliss-reactive ketones (excluding diaryl/α,β-unsaturated/α-hetero) is 1. The van der Waals surface area contributed by atoms with E-state index in [-0.39, 0.29) is 11.6 Å². The summed E-state index contributed by atoms with van der Waals surface area (Å²) in [5.41, 5.74) is 1.03. The number of halogens is 1. The number of carbonyl (C=O) groups is 3. The average Bonchev–Trinajstić information content (AvgIpc) is 3.05. The van der Waals surface area contributed by atoms with Crippen LogP contribution in [0.3, 0.4) is 0 Å². The standard InChI is InChI=1S/C20H16FNO4S/c1-11(23)13-3-6-16(7-4-13)22-19(24)12(2)26-20(25)18-10-14-9-15(21)5-8-17(14)27-18/h3-10,12H,1-2H3,(H,22,24)/t12-/m1/s1. The minimum Gasteiger partial charge on any atom is -0.448 e. The summed E-state index contributed by atoms with van der Waals surface area (Å²) in [5.74, 6) is -1.60. The predicted octanol–water partition coefficient (Wildman–Crippen LogP) is 4.43. The SMILES string of the molecule is CC(=O)c1ccc(NC(=O)[C@@H](C)OC(=O)c2cc3cc(F)ccc3s2)cc1. The average molecular weight is 385 g/mol. The summed E-state index contributed by atoms with van der Waals surface area (Å²) in [6.07, 6.45) is -1.02. The second-order valence-electron chi connectivity index (χ2n) is 5.96.